The lowest BCUT2D eigenvalue weighted by atomic mass is 10.1. The van der Waals surface area contributed by atoms with Crippen LogP contribution >= 0.6 is 23.1 Å². The molecule has 130 valence electrons. The number of aromatic nitrogens is 2. The Kier molecular flexibility index (Phi) is 6.56. The molecule has 2 rings (SSSR count). The van der Waals surface area contributed by atoms with E-state index in [9.17, 15) is 9.59 Å². The average Bonchev–Trinajstić information content (AvgIpc) is 2.80. The molecule has 0 aliphatic heterocycles. The third-order valence-corrected chi connectivity index (χ3v) is 5.64. The summed E-state index contributed by atoms with van der Waals surface area (Å²) < 4.78 is 0. The molecule has 0 aliphatic carbocycles. The van der Waals surface area contributed by atoms with E-state index in [1.54, 1.807) is 11.3 Å². The molecule has 6 nitrogen and oxygen atoms in total. The summed E-state index contributed by atoms with van der Waals surface area (Å²) in [6.45, 7) is 8.80. The number of rotatable bonds is 6. The molecule has 2 aromatic heterocycles. The average molecular weight is 367 g/mol. The zero-order valence-electron chi connectivity index (χ0n) is 14.3. The Morgan fingerprint density at radius 3 is 2.75 bits per heavy atom. The van der Waals surface area contributed by atoms with E-state index in [-0.39, 0.29) is 11.7 Å². The van der Waals surface area contributed by atoms with Gasteiger partial charge in [0.1, 0.15) is 16.2 Å². The third kappa shape index (κ3) is 4.91. The smallest absolute Gasteiger partial charge is 0.321 e. The highest BCUT2D eigenvalue weighted by Crippen LogP contribution is 2.34. The third-order valence-electron chi connectivity index (χ3n) is 3.53. The van der Waals surface area contributed by atoms with Crippen molar-refractivity contribution in [3.05, 3.63) is 16.8 Å². The molecule has 0 aromatic carbocycles. The van der Waals surface area contributed by atoms with Gasteiger partial charge < -0.3 is 5.32 Å². The van der Waals surface area contributed by atoms with Crippen LogP contribution in [0.4, 0.5) is 4.79 Å². The van der Waals surface area contributed by atoms with Gasteiger partial charge in [-0.05, 0) is 31.7 Å². The molecule has 0 spiro atoms. The normalized spacial score (nSPS) is 11.0. The van der Waals surface area contributed by atoms with Crippen molar-refractivity contribution in [1.29, 1.82) is 0 Å². The first kappa shape index (κ1) is 18.7. The number of urea groups is 1. The zero-order valence-corrected chi connectivity index (χ0v) is 15.9. The summed E-state index contributed by atoms with van der Waals surface area (Å²) in [6.07, 6.45) is 2.39. The van der Waals surface area contributed by atoms with Gasteiger partial charge in [-0.15, -0.1) is 11.3 Å². The van der Waals surface area contributed by atoms with Crippen molar-refractivity contribution in [3.8, 4) is 0 Å². The molecule has 8 heteroatoms. The molecular weight excluding hydrogens is 344 g/mol. The van der Waals surface area contributed by atoms with E-state index in [0.717, 1.165) is 27.2 Å². The van der Waals surface area contributed by atoms with Gasteiger partial charge in [0.15, 0.2) is 0 Å². The second-order valence-corrected chi connectivity index (χ2v) is 8.08. The molecule has 3 amide bonds. The maximum absolute atomic E-state index is 11.9. The van der Waals surface area contributed by atoms with Crippen LogP contribution in [0.2, 0.25) is 0 Å². The van der Waals surface area contributed by atoms with E-state index in [1.807, 2.05) is 13.8 Å². The molecule has 0 bridgehead atoms. The van der Waals surface area contributed by atoms with Gasteiger partial charge in [-0.3, -0.25) is 10.1 Å². The first-order chi connectivity index (χ1) is 11.4. The van der Waals surface area contributed by atoms with Crippen molar-refractivity contribution in [2.75, 3.05) is 12.3 Å². The van der Waals surface area contributed by atoms with Gasteiger partial charge in [0.05, 0.1) is 5.75 Å². The van der Waals surface area contributed by atoms with Crippen LogP contribution in [0.3, 0.4) is 0 Å². The van der Waals surface area contributed by atoms with E-state index in [1.165, 1.54) is 23.0 Å². The minimum atomic E-state index is -0.448. The van der Waals surface area contributed by atoms with Gasteiger partial charge in [0.2, 0.25) is 5.91 Å². The number of nitrogens with zero attached hydrogens (tertiary/aromatic N) is 2. The minimum Gasteiger partial charge on any atom is -0.338 e. The number of carbonyl (C=O) groups is 2. The molecule has 0 saturated carbocycles. The number of hydrogen-bond donors (Lipinski definition) is 2. The fourth-order valence-corrected chi connectivity index (χ4v) is 3.99. The number of fused-ring (bicyclic) bond motifs is 1. The molecule has 0 aliphatic rings. The van der Waals surface area contributed by atoms with Crippen LogP contribution in [0.1, 0.15) is 30.7 Å². The second kappa shape index (κ2) is 8.43. The highest BCUT2D eigenvalue weighted by atomic mass is 32.2. The van der Waals surface area contributed by atoms with Crippen LogP contribution in [0.5, 0.6) is 0 Å². The molecule has 2 aromatic rings. The van der Waals surface area contributed by atoms with Crippen LogP contribution in [-0.2, 0) is 4.79 Å². The molecule has 0 fully saturated rings. The monoisotopic (exact) mass is 366 g/mol. The van der Waals surface area contributed by atoms with Crippen LogP contribution in [0.25, 0.3) is 10.2 Å². The van der Waals surface area contributed by atoms with E-state index in [0.29, 0.717) is 12.5 Å². The molecule has 0 radical (unpaired) electrons. The standard InChI is InChI=1S/C16H22N4O2S2/c1-9(2)5-6-17-16(22)20-12(21)7-23-14-13-10(3)11(4)24-15(13)19-8-18-14/h8-9H,5-7H2,1-4H3,(H2,17,20,21,22). The summed E-state index contributed by atoms with van der Waals surface area (Å²) in [7, 11) is 0. The van der Waals surface area contributed by atoms with Gasteiger partial charge in [-0.1, -0.05) is 25.6 Å². The number of amides is 3. The number of hydrogen-bond acceptors (Lipinski definition) is 6. The van der Waals surface area contributed by atoms with Crippen molar-refractivity contribution in [3.63, 3.8) is 0 Å². The Morgan fingerprint density at radius 2 is 2.04 bits per heavy atom. The maximum atomic E-state index is 11.9. The van der Waals surface area contributed by atoms with Crippen molar-refractivity contribution < 1.29 is 9.59 Å². The SMILES string of the molecule is Cc1sc2ncnc(SCC(=O)NC(=O)NCCC(C)C)c2c1C. The van der Waals surface area contributed by atoms with Crippen LogP contribution in [0.15, 0.2) is 11.4 Å². The summed E-state index contributed by atoms with van der Waals surface area (Å²) in [6, 6.07) is -0.448. The molecule has 0 saturated heterocycles. The maximum Gasteiger partial charge on any atom is 0.321 e. The second-order valence-electron chi connectivity index (χ2n) is 5.92. The molecule has 24 heavy (non-hydrogen) atoms. The minimum absolute atomic E-state index is 0.137. The van der Waals surface area contributed by atoms with E-state index in [2.05, 4.69) is 34.4 Å². The predicted octanol–water partition coefficient (Wildman–Crippen LogP) is 3.27. The fraction of sp³-hybridized carbons (Fsp3) is 0.500. The van der Waals surface area contributed by atoms with Crippen molar-refractivity contribution in [2.24, 2.45) is 5.92 Å². The Balaban J connectivity index is 1.89. The van der Waals surface area contributed by atoms with Crippen molar-refractivity contribution in [1.82, 2.24) is 20.6 Å². The van der Waals surface area contributed by atoms with E-state index in [4.69, 9.17) is 0 Å². The molecule has 0 unspecified atom stereocenters. The van der Waals surface area contributed by atoms with Crippen molar-refractivity contribution >= 4 is 45.3 Å². The van der Waals surface area contributed by atoms with E-state index < -0.39 is 6.03 Å². The van der Waals surface area contributed by atoms with Crippen molar-refractivity contribution in [2.45, 2.75) is 39.1 Å². The highest BCUT2D eigenvalue weighted by Gasteiger charge is 2.14. The quantitative estimate of drug-likeness (QED) is 0.605. The van der Waals surface area contributed by atoms with Gasteiger partial charge >= 0.3 is 6.03 Å². The summed E-state index contributed by atoms with van der Waals surface area (Å²) in [5.41, 5.74) is 1.14. The summed E-state index contributed by atoms with van der Waals surface area (Å²) in [5.74, 6) is 0.311. The Hall–Kier alpha value is -1.67. The first-order valence-electron chi connectivity index (χ1n) is 7.79. The Morgan fingerprint density at radius 1 is 1.29 bits per heavy atom. The molecule has 2 N–H and O–H groups in total. The van der Waals surface area contributed by atoms with Gasteiger partial charge in [0.25, 0.3) is 0 Å². The van der Waals surface area contributed by atoms with E-state index >= 15 is 0 Å². The lowest BCUT2D eigenvalue weighted by molar-refractivity contribution is -0.117. The number of thiophene rings is 1. The lowest BCUT2D eigenvalue weighted by Crippen LogP contribution is -2.40. The number of thioether (sulfide) groups is 1. The zero-order chi connectivity index (χ0) is 17.7. The van der Waals surface area contributed by atoms with Crippen LogP contribution < -0.4 is 10.6 Å². The number of nitrogens with one attached hydrogen (secondary N) is 2. The Labute approximate surface area is 149 Å². The molecule has 0 atom stereocenters. The topological polar surface area (TPSA) is 84.0 Å². The van der Waals surface area contributed by atoms with Gasteiger partial charge in [0, 0.05) is 16.8 Å². The predicted molar refractivity (Wildman–Crippen MR) is 98.6 cm³/mol. The Bertz CT molecular complexity index is 743. The fourth-order valence-electron chi connectivity index (χ4n) is 2.07. The number of carbonyl (C=O) groups excluding carboxylic acids is 2. The van der Waals surface area contributed by atoms with Gasteiger partial charge in [-0.25, -0.2) is 14.8 Å². The number of imide groups is 1. The number of aryl methyl sites for hydroxylation is 2. The molecule has 2 heterocycles. The van der Waals surface area contributed by atoms with Gasteiger partial charge in [-0.2, -0.15) is 0 Å². The lowest BCUT2D eigenvalue weighted by Gasteiger charge is -2.08. The van der Waals surface area contributed by atoms with Crippen LogP contribution in [-0.4, -0.2) is 34.2 Å². The summed E-state index contributed by atoms with van der Waals surface area (Å²) in [5, 5.41) is 6.80. The summed E-state index contributed by atoms with van der Waals surface area (Å²) >= 11 is 2.94. The molecular formula is C16H22N4O2S2. The summed E-state index contributed by atoms with van der Waals surface area (Å²) in [4.78, 5) is 34.2. The largest absolute Gasteiger partial charge is 0.338 e. The first-order valence-corrected chi connectivity index (χ1v) is 9.60. The van der Waals surface area contributed by atoms with Crippen LogP contribution in [0, 0.1) is 19.8 Å². The highest BCUT2D eigenvalue weighted by molar-refractivity contribution is 8.00.